The van der Waals surface area contributed by atoms with Gasteiger partial charge in [-0.05, 0) is 25.1 Å². The Hall–Kier alpha value is -4.19. The highest BCUT2D eigenvalue weighted by atomic mass is 32.1. The molecule has 0 unspecified atom stereocenters. The Balaban J connectivity index is 0.000000303. The minimum atomic E-state index is -5.08. The van der Waals surface area contributed by atoms with E-state index in [1.54, 1.807) is 24.6 Å². The molecule has 3 aromatic rings. The number of fused-ring (bicyclic) bond motifs is 3. The van der Waals surface area contributed by atoms with Crippen LogP contribution in [0.5, 0.6) is 5.88 Å². The summed E-state index contributed by atoms with van der Waals surface area (Å²) in [5.74, 6) is -4.77. The van der Waals surface area contributed by atoms with Gasteiger partial charge >= 0.3 is 24.3 Å². The molecule has 0 bridgehead atoms. The zero-order valence-corrected chi connectivity index (χ0v) is 23.3. The zero-order valence-electron chi connectivity index (χ0n) is 22.5. The number of rotatable bonds is 5. The number of pyridine rings is 1. The van der Waals surface area contributed by atoms with E-state index in [0.717, 1.165) is 41.6 Å². The Labute approximate surface area is 243 Å². The highest BCUT2D eigenvalue weighted by molar-refractivity contribution is 7.09. The van der Waals surface area contributed by atoms with E-state index in [2.05, 4.69) is 30.9 Å². The summed E-state index contributed by atoms with van der Waals surface area (Å²) in [6, 6.07) is 8.23. The van der Waals surface area contributed by atoms with Gasteiger partial charge in [0, 0.05) is 43.0 Å². The predicted octanol–water partition coefficient (Wildman–Crippen LogP) is 4.00. The van der Waals surface area contributed by atoms with Gasteiger partial charge in [0.1, 0.15) is 5.69 Å². The van der Waals surface area contributed by atoms with Crippen LogP contribution in [0.25, 0.3) is 0 Å². The van der Waals surface area contributed by atoms with Crippen molar-refractivity contribution in [3.05, 3.63) is 64.0 Å². The van der Waals surface area contributed by atoms with Gasteiger partial charge in [0.05, 0.1) is 36.4 Å². The van der Waals surface area contributed by atoms with Crippen molar-refractivity contribution in [1.29, 1.82) is 0 Å². The van der Waals surface area contributed by atoms with Gasteiger partial charge in [0.2, 0.25) is 5.88 Å². The van der Waals surface area contributed by atoms with Crippen molar-refractivity contribution >= 4 is 29.2 Å². The third-order valence-corrected chi connectivity index (χ3v) is 7.09. The average Bonchev–Trinajstić information content (AvgIpc) is 3.66. The normalized spacial score (nSPS) is 18.0. The number of aryl methyl sites for hydroxylation is 1. The van der Waals surface area contributed by atoms with Crippen LogP contribution in [0.15, 0.2) is 42.0 Å². The summed E-state index contributed by atoms with van der Waals surface area (Å²) in [7, 11) is 1.65. The van der Waals surface area contributed by atoms with Crippen LogP contribution in [0.3, 0.4) is 0 Å². The Morgan fingerprint density at radius 1 is 1.02 bits per heavy atom. The molecule has 5 heterocycles. The molecule has 0 aromatic carbocycles. The molecule has 0 spiro atoms. The number of carbonyl (C=O) groups is 3. The summed E-state index contributed by atoms with van der Waals surface area (Å²) in [5, 5.41) is 17.3. The molecule has 0 saturated carbocycles. The van der Waals surface area contributed by atoms with Crippen molar-refractivity contribution in [2.24, 2.45) is 0 Å². The number of likely N-dealkylation sites (tertiary alicyclic amines) is 1. The number of aliphatic carboxylic acids is 2. The van der Waals surface area contributed by atoms with Crippen LogP contribution in [-0.2, 0) is 22.7 Å². The SMILES string of the molecule is COc1ncccc1CN1C[C@@H]2[C@H](C1)n1cccc1C(=O)N2Cc1csc(C)n1.O=C(O)C(F)(F)F.O=C(O)C(F)(F)F. The molecular formula is C25H25F6N5O6S. The Kier molecular flexibility index (Phi) is 10.4. The number of methoxy groups -OCH3 is 1. The number of carboxylic acid groups (broad SMARTS) is 2. The van der Waals surface area contributed by atoms with E-state index in [4.69, 9.17) is 24.5 Å². The fraction of sp³-hybridized carbons (Fsp3) is 0.400. The molecule has 43 heavy (non-hydrogen) atoms. The number of carbonyl (C=O) groups excluding carboxylic acids is 1. The highest BCUT2D eigenvalue weighted by Gasteiger charge is 2.45. The maximum Gasteiger partial charge on any atom is 0.490 e. The molecule has 5 rings (SSSR count). The standard InChI is InChI=1S/C21H23N5O2S.2C2HF3O2/c1-14-23-16(13-29-14)10-26-19-12-24(9-15-5-3-7-22-20(15)28-2)11-18(19)25-8-4-6-17(25)21(26)27;2*3-2(4,5)1(6)7/h3-8,13,18-19H,9-12H2,1-2H3;2*(H,6,7)/t18-,19+;;/m0../s1. The van der Waals surface area contributed by atoms with Crippen LogP contribution in [-0.4, -0.2) is 91.0 Å². The van der Waals surface area contributed by atoms with E-state index < -0.39 is 24.3 Å². The van der Waals surface area contributed by atoms with Crippen molar-refractivity contribution in [3.63, 3.8) is 0 Å². The molecule has 18 heteroatoms. The lowest BCUT2D eigenvalue weighted by molar-refractivity contribution is -0.193. The molecule has 1 fully saturated rings. The van der Waals surface area contributed by atoms with E-state index in [9.17, 15) is 31.1 Å². The number of halogens is 6. The van der Waals surface area contributed by atoms with Crippen LogP contribution < -0.4 is 4.74 Å². The third-order valence-electron chi connectivity index (χ3n) is 6.27. The molecule has 1 saturated heterocycles. The first kappa shape index (κ1) is 33.3. The van der Waals surface area contributed by atoms with Gasteiger partial charge in [0.15, 0.2) is 0 Å². The Morgan fingerprint density at radius 2 is 1.63 bits per heavy atom. The maximum absolute atomic E-state index is 13.2. The molecule has 2 aliphatic heterocycles. The van der Waals surface area contributed by atoms with Gasteiger partial charge < -0.3 is 24.4 Å². The average molecular weight is 638 g/mol. The molecule has 11 nitrogen and oxygen atoms in total. The fourth-order valence-electron chi connectivity index (χ4n) is 4.53. The van der Waals surface area contributed by atoms with Gasteiger partial charge in [-0.1, -0.05) is 6.07 Å². The second-order valence-electron chi connectivity index (χ2n) is 9.20. The molecule has 234 valence electrons. The minimum Gasteiger partial charge on any atom is -0.481 e. The number of alkyl halides is 6. The summed E-state index contributed by atoms with van der Waals surface area (Å²) in [6.07, 6.45) is -6.39. The third kappa shape index (κ3) is 8.44. The second-order valence-corrected chi connectivity index (χ2v) is 10.3. The minimum absolute atomic E-state index is 0.0858. The number of hydrogen-bond acceptors (Lipinski definition) is 8. The lowest BCUT2D eigenvalue weighted by Crippen LogP contribution is -2.49. The molecule has 2 atom stereocenters. The summed E-state index contributed by atoms with van der Waals surface area (Å²) in [5.41, 5.74) is 2.79. The van der Waals surface area contributed by atoms with E-state index in [1.807, 2.05) is 36.2 Å². The van der Waals surface area contributed by atoms with Gasteiger partial charge in [-0.2, -0.15) is 26.3 Å². The van der Waals surface area contributed by atoms with Gasteiger partial charge in [-0.15, -0.1) is 11.3 Å². The predicted molar refractivity (Wildman–Crippen MR) is 137 cm³/mol. The van der Waals surface area contributed by atoms with Crippen molar-refractivity contribution in [1.82, 2.24) is 24.3 Å². The van der Waals surface area contributed by atoms with Crippen LogP contribution in [0.2, 0.25) is 0 Å². The monoisotopic (exact) mass is 637 g/mol. The summed E-state index contributed by atoms with van der Waals surface area (Å²) >= 11 is 1.63. The quantitative estimate of drug-likeness (QED) is 0.398. The molecule has 1 amide bonds. The topological polar surface area (TPSA) is 138 Å². The fourth-order valence-corrected chi connectivity index (χ4v) is 5.14. The van der Waals surface area contributed by atoms with Gasteiger partial charge in [-0.3, -0.25) is 9.69 Å². The van der Waals surface area contributed by atoms with Gasteiger partial charge in [-0.25, -0.2) is 19.6 Å². The Morgan fingerprint density at radius 3 is 2.16 bits per heavy atom. The first-order valence-electron chi connectivity index (χ1n) is 12.2. The number of hydrogen-bond donors (Lipinski definition) is 2. The van der Waals surface area contributed by atoms with E-state index in [-0.39, 0.29) is 18.0 Å². The van der Waals surface area contributed by atoms with E-state index in [1.165, 1.54) is 0 Å². The lowest BCUT2D eigenvalue weighted by atomic mass is 10.1. The number of ether oxygens (including phenoxy) is 1. The molecule has 3 aromatic heterocycles. The highest BCUT2D eigenvalue weighted by Crippen LogP contribution is 2.35. The summed E-state index contributed by atoms with van der Waals surface area (Å²) in [4.78, 5) is 44.3. The maximum atomic E-state index is 13.2. The summed E-state index contributed by atoms with van der Waals surface area (Å²) in [6.45, 7) is 5.00. The van der Waals surface area contributed by atoms with Crippen molar-refractivity contribution in [2.75, 3.05) is 20.2 Å². The first-order valence-corrected chi connectivity index (χ1v) is 13.1. The van der Waals surface area contributed by atoms with Crippen molar-refractivity contribution in [3.8, 4) is 5.88 Å². The molecule has 2 aliphatic rings. The molecular weight excluding hydrogens is 612 g/mol. The number of aromatic nitrogens is 3. The number of amides is 1. The van der Waals surface area contributed by atoms with Crippen LogP contribution in [0.1, 0.15) is 32.8 Å². The molecule has 0 aliphatic carbocycles. The first-order chi connectivity index (χ1) is 20.0. The number of thiazole rings is 1. The largest absolute Gasteiger partial charge is 0.490 e. The number of carboxylic acids is 2. The van der Waals surface area contributed by atoms with Crippen LogP contribution >= 0.6 is 11.3 Å². The molecule has 0 radical (unpaired) electrons. The van der Waals surface area contributed by atoms with E-state index >= 15 is 0 Å². The zero-order chi connectivity index (χ0) is 32.1. The van der Waals surface area contributed by atoms with Crippen molar-refractivity contribution < 1.29 is 55.7 Å². The smallest absolute Gasteiger partial charge is 0.481 e. The van der Waals surface area contributed by atoms with E-state index in [0.29, 0.717) is 12.4 Å². The lowest BCUT2D eigenvalue weighted by Gasteiger charge is -2.38. The summed E-state index contributed by atoms with van der Waals surface area (Å²) < 4.78 is 71.0. The van der Waals surface area contributed by atoms with Crippen molar-refractivity contribution in [2.45, 2.75) is 44.4 Å². The van der Waals surface area contributed by atoms with Crippen LogP contribution in [0.4, 0.5) is 26.3 Å². The molecule has 2 N–H and O–H groups in total. The number of nitrogens with zero attached hydrogens (tertiary/aromatic N) is 5. The van der Waals surface area contributed by atoms with Crippen LogP contribution in [0, 0.1) is 6.92 Å². The second kappa shape index (κ2) is 13.4. The Bertz CT molecular complexity index is 1420. The van der Waals surface area contributed by atoms with Gasteiger partial charge in [0.25, 0.3) is 5.91 Å².